The molecule has 0 saturated carbocycles. The number of benzene rings is 1. The van der Waals surface area contributed by atoms with Crippen LogP contribution in [-0.2, 0) is 16.1 Å². The summed E-state index contributed by atoms with van der Waals surface area (Å²) in [5.41, 5.74) is 0.884. The molecule has 0 spiro atoms. The predicted octanol–water partition coefficient (Wildman–Crippen LogP) is 2.71. The van der Waals surface area contributed by atoms with E-state index in [1.165, 1.54) is 12.1 Å². The minimum absolute atomic E-state index is 0.0273. The van der Waals surface area contributed by atoms with E-state index in [-0.39, 0.29) is 23.5 Å². The van der Waals surface area contributed by atoms with Crippen molar-refractivity contribution in [3.05, 3.63) is 35.6 Å². The van der Waals surface area contributed by atoms with Gasteiger partial charge in [0, 0.05) is 32.0 Å². The highest BCUT2D eigenvalue weighted by molar-refractivity contribution is 5.80. The first-order chi connectivity index (χ1) is 13.5. The molecule has 0 aromatic heterocycles. The number of nitrogens with zero attached hydrogens (tertiary/aromatic N) is 1. The first-order valence-corrected chi connectivity index (χ1v) is 10.5. The van der Waals surface area contributed by atoms with Crippen LogP contribution in [0.25, 0.3) is 0 Å². The molecule has 0 radical (unpaired) electrons. The van der Waals surface area contributed by atoms with Crippen molar-refractivity contribution in [1.82, 2.24) is 15.5 Å². The van der Waals surface area contributed by atoms with Gasteiger partial charge in [0.25, 0.3) is 0 Å². The van der Waals surface area contributed by atoms with Crippen LogP contribution in [0.2, 0.25) is 0 Å². The SMILES string of the molecule is CC(CC(=O)N1CCC(C(=O)NCc2ccc(F)cc2)CC1)C1CCNCC1. The van der Waals surface area contributed by atoms with Crippen molar-refractivity contribution in [3.63, 3.8) is 0 Å². The van der Waals surface area contributed by atoms with E-state index in [2.05, 4.69) is 17.6 Å². The third-order valence-electron chi connectivity index (χ3n) is 6.28. The van der Waals surface area contributed by atoms with Crippen LogP contribution in [0.4, 0.5) is 4.39 Å². The zero-order chi connectivity index (χ0) is 19.9. The van der Waals surface area contributed by atoms with Gasteiger partial charge in [-0.15, -0.1) is 0 Å². The van der Waals surface area contributed by atoms with Gasteiger partial charge >= 0.3 is 0 Å². The number of amides is 2. The largest absolute Gasteiger partial charge is 0.352 e. The molecule has 1 atom stereocenters. The molecule has 5 nitrogen and oxygen atoms in total. The Kier molecular flexibility index (Phi) is 7.43. The number of rotatable bonds is 6. The summed E-state index contributed by atoms with van der Waals surface area (Å²) in [6.45, 7) is 6.04. The van der Waals surface area contributed by atoms with E-state index in [1.54, 1.807) is 12.1 Å². The molecule has 3 rings (SSSR count). The van der Waals surface area contributed by atoms with Crippen LogP contribution in [0, 0.1) is 23.6 Å². The Morgan fingerprint density at radius 2 is 1.79 bits per heavy atom. The molecule has 1 unspecified atom stereocenters. The molecule has 1 aromatic rings. The lowest BCUT2D eigenvalue weighted by atomic mass is 9.83. The number of hydrogen-bond donors (Lipinski definition) is 2. The lowest BCUT2D eigenvalue weighted by Crippen LogP contribution is -2.43. The summed E-state index contributed by atoms with van der Waals surface area (Å²) in [4.78, 5) is 27.0. The topological polar surface area (TPSA) is 61.4 Å². The number of halogens is 1. The van der Waals surface area contributed by atoms with Crippen LogP contribution in [0.1, 0.15) is 44.6 Å². The molecule has 28 heavy (non-hydrogen) atoms. The van der Waals surface area contributed by atoms with E-state index in [1.807, 2.05) is 4.90 Å². The molecule has 2 heterocycles. The molecule has 2 aliphatic heterocycles. The first-order valence-electron chi connectivity index (χ1n) is 10.5. The lowest BCUT2D eigenvalue weighted by Gasteiger charge is -2.34. The second-order valence-corrected chi connectivity index (χ2v) is 8.27. The van der Waals surface area contributed by atoms with Crippen molar-refractivity contribution < 1.29 is 14.0 Å². The molecule has 2 saturated heterocycles. The van der Waals surface area contributed by atoms with E-state index in [9.17, 15) is 14.0 Å². The maximum absolute atomic E-state index is 12.9. The summed E-state index contributed by atoms with van der Waals surface area (Å²) in [6.07, 6.45) is 4.35. The molecule has 0 bridgehead atoms. The summed E-state index contributed by atoms with van der Waals surface area (Å²) in [6, 6.07) is 6.16. The summed E-state index contributed by atoms with van der Waals surface area (Å²) in [5.74, 6) is 0.995. The summed E-state index contributed by atoms with van der Waals surface area (Å²) in [7, 11) is 0. The summed E-state index contributed by atoms with van der Waals surface area (Å²) >= 11 is 0. The van der Waals surface area contributed by atoms with Crippen LogP contribution in [-0.4, -0.2) is 42.9 Å². The van der Waals surface area contributed by atoms with Gasteiger partial charge in [0.1, 0.15) is 5.82 Å². The third-order valence-corrected chi connectivity index (χ3v) is 6.28. The van der Waals surface area contributed by atoms with Gasteiger partial charge in [-0.05, 0) is 68.3 Å². The highest BCUT2D eigenvalue weighted by atomic mass is 19.1. The minimum Gasteiger partial charge on any atom is -0.352 e. The second kappa shape index (κ2) is 10.0. The molecule has 2 N–H and O–H groups in total. The van der Waals surface area contributed by atoms with Crippen LogP contribution < -0.4 is 10.6 Å². The first kappa shape index (κ1) is 20.8. The van der Waals surface area contributed by atoms with Gasteiger partial charge in [0.2, 0.25) is 11.8 Å². The number of carbonyl (C=O) groups excluding carboxylic acids is 2. The van der Waals surface area contributed by atoms with Crippen LogP contribution >= 0.6 is 0 Å². The normalized spacial score (nSPS) is 20.0. The van der Waals surface area contributed by atoms with Crippen LogP contribution in [0.5, 0.6) is 0 Å². The number of nitrogens with one attached hydrogen (secondary N) is 2. The summed E-state index contributed by atoms with van der Waals surface area (Å²) in [5, 5.41) is 6.31. The Labute approximate surface area is 167 Å². The number of carbonyl (C=O) groups is 2. The highest BCUT2D eigenvalue weighted by Gasteiger charge is 2.29. The second-order valence-electron chi connectivity index (χ2n) is 8.27. The highest BCUT2D eigenvalue weighted by Crippen LogP contribution is 2.26. The standard InChI is InChI=1S/C22H32FN3O2/c1-16(18-6-10-24-11-7-18)14-21(27)26-12-8-19(9-13-26)22(28)25-15-17-2-4-20(23)5-3-17/h2-5,16,18-19,24H,6-15H2,1H3,(H,25,28). The van der Waals surface area contributed by atoms with Crippen molar-refractivity contribution in [2.45, 2.75) is 45.6 Å². The van der Waals surface area contributed by atoms with Crippen molar-refractivity contribution >= 4 is 11.8 Å². The molecule has 2 amide bonds. The molecular formula is C22H32FN3O2. The monoisotopic (exact) mass is 389 g/mol. The van der Waals surface area contributed by atoms with Gasteiger partial charge < -0.3 is 15.5 Å². The van der Waals surface area contributed by atoms with Gasteiger partial charge in [-0.25, -0.2) is 4.39 Å². The Morgan fingerprint density at radius 1 is 1.14 bits per heavy atom. The van der Waals surface area contributed by atoms with Gasteiger partial charge in [-0.3, -0.25) is 9.59 Å². The van der Waals surface area contributed by atoms with Crippen molar-refractivity contribution in [2.75, 3.05) is 26.2 Å². The Hall–Kier alpha value is -1.95. The maximum atomic E-state index is 12.9. The molecule has 2 fully saturated rings. The van der Waals surface area contributed by atoms with Gasteiger partial charge in [0.05, 0.1) is 0 Å². The van der Waals surface area contributed by atoms with Crippen molar-refractivity contribution in [2.24, 2.45) is 17.8 Å². The number of likely N-dealkylation sites (tertiary alicyclic amines) is 1. The predicted molar refractivity (Wildman–Crippen MR) is 107 cm³/mol. The summed E-state index contributed by atoms with van der Waals surface area (Å²) < 4.78 is 12.9. The Morgan fingerprint density at radius 3 is 2.43 bits per heavy atom. The van der Waals surface area contributed by atoms with Crippen LogP contribution in [0.15, 0.2) is 24.3 Å². The fraction of sp³-hybridized carbons (Fsp3) is 0.636. The van der Waals surface area contributed by atoms with Gasteiger partial charge in [0.15, 0.2) is 0 Å². The van der Waals surface area contributed by atoms with Crippen molar-refractivity contribution in [1.29, 1.82) is 0 Å². The molecular weight excluding hydrogens is 357 g/mol. The minimum atomic E-state index is -0.276. The van der Waals surface area contributed by atoms with Gasteiger partial charge in [-0.2, -0.15) is 0 Å². The fourth-order valence-corrected chi connectivity index (χ4v) is 4.31. The number of piperidine rings is 2. The van der Waals surface area contributed by atoms with E-state index in [0.29, 0.717) is 50.7 Å². The molecule has 0 aliphatic carbocycles. The molecule has 1 aromatic carbocycles. The third kappa shape index (κ3) is 5.77. The van der Waals surface area contributed by atoms with E-state index in [4.69, 9.17) is 0 Å². The lowest BCUT2D eigenvalue weighted by molar-refractivity contribution is -0.136. The smallest absolute Gasteiger partial charge is 0.223 e. The Bertz CT molecular complexity index is 650. The quantitative estimate of drug-likeness (QED) is 0.786. The number of hydrogen-bond acceptors (Lipinski definition) is 3. The average Bonchev–Trinajstić information content (AvgIpc) is 2.73. The maximum Gasteiger partial charge on any atom is 0.223 e. The van der Waals surface area contributed by atoms with Crippen LogP contribution in [0.3, 0.4) is 0 Å². The van der Waals surface area contributed by atoms with Gasteiger partial charge in [-0.1, -0.05) is 19.1 Å². The van der Waals surface area contributed by atoms with E-state index < -0.39 is 0 Å². The van der Waals surface area contributed by atoms with E-state index in [0.717, 1.165) is 31.5 Å². The molecule has 2 aliphatic rings. The average molecular weight is 390 g/mol. The van der Waals surface area contributed by atoms with Crippen molar-refractivity contribution in [3.8, 4) is 0 Å². The van der Waals surface area contributed by atoms with E-state index >= 15 is 0 Å². The Balaban J connectivity index is 1.38. The fourth-order valence-electron chi connectivity index (χ4n) is 4.31. The molecule has 154 valence electrons. The molecule has 6 heteroatoms. The zero-order valence-corrected chi connectivity index (χ0v) is 16.8. The zero-order valence-electron chi connectivity index (χ0n) is 16.8.